The number of ether oxygens (including phenoxy) is 3. The molecule has 0 aliphatic heterocycles. The second kappa shape index (κ2) is 7.55. The summed E-state index contributed by atoms with van der Waals surface area (Å²) in [6.07, 6.45) is 0. The number of nitrogens with zero attached hydrogens (tertiary/aromatic N) is 3. The molecule has 9 heteroatoms. The molecule has 0 saturated heterocycles. The number of nitrogen functional groups attached to an aromatic ring is 1. The first-order valence-corrected chi connectivity index (χ1v) is 8.19. The molecule has 0 amide bonds. The lowest BCUT2D eigenvalue weighted by Crippen LogP contribution is -2.16. The van der Waals surface area contributed by atoms with E-state index in [-0.39, 0.29) is 11.5 Å². The molecule has 0 aliphatic rings. The third-order valence-corrected chi connectivity index (χ3v) is 4.09. The Kier molecular flexibility index (Phi) is 5.18. The molecular formula is C18H17ClN4O4. The number of benzene rings is 2. The van der Waals surface area contributed by atoms with Crippen molar-refractivity contribution in [3.63, 3.8) is 0 Å². The van der Waals surface area contributed by atoms with E-state index in [1.807, 2.05) is 0 Å². The number of hydrogen-bond acceptors (Lipinski definition) is 7. The predicted molar refractivity (Wildman–Crippen MR) is 101 cm³/mol. The number of halogens is 1. The highest BCUT2D eigenvalue weighted by Gasteiger charge is 2.21. The molecule has 0 unspecified atom stereocenters. The van der Waals surface area contributed by atoms with Crippen molar-refractivity contribution in [2.75, 3.05) is 27.1 Å². The second-order valence-corrected chi connectivity index (χ2v) is 5.87. The van der Waals surface area contributed by atoms with Crippen LogP contribution in [0.3, 0.4) is 0 Å². The number of carbonyl (C=O) groups excluding carboxylic acids is 1. The fraction of sp³-hybridized carbons (Fsp3) is 0.167. The molecule has 1 aromatic heterocycles. The van der Waals surface area contributed by atoms with Gasteiger partial charge in [0.2, 0.25) is 11.7 Å². The molecule has 0 aliphatic carbocycles. The van der Waals surface area contributed by atoms with Gasteiger partial charge in [0, 0.05) is 16.1 Å². The number of nitrogens with two attached hydrogens (primary N) is 1. The molecule has 8 nitrogen and oxygen atoms in total. The van der Waals surface area contributed by atoms with Gasteiger partial charge in [0.1, 0.15) is 0 Å². The summed E-state index contributed by atoms with van der Waals surface area (Å²) in [6, 6.07) is 9.93. The summed E-state index contributed by atoms with van der Waals surface area (Å²) in [7, 11) is 4.41. The van der Waals surface area contributed by atoms with Crippen molar-refractivity contribution < 1.29 is 19.0 Å². The van der Waals surface area contributed by atoms with Crippen LogP contribution in [0.25, 0.3) is 11.4 Å². The molecule has 0 spiro atoms. The Morgan fingerprint density at radius 2 is 1.63 bits per heavy atom. The van der Waals surface area contributed by atoms with Gasteiger partial charge in [0.15, 0.2) is 17.3 Å². The van der Waals surface area contributed by atoms with Crippen LogP contribution in [-0.2, 0) is 0 Å². The first kappa shape index (κ1) is 18.5. The highest BCUT2D eigenvalue weighted by Crippen LogP contribution is 2.38. The zero-order valence-electron chi connectivity index (χ0n) is 14.9. The zero-order chi connectivity index (χ0) is 19.6. The predicted octanol–water partition coefficient (Wildman–Crippen LogP) is 2.90. The molecule has 27 heavy (non-hydrogen) atoms. The van der Waals surface area contributed by atoms with Gasteiger partial charge in [-0.25, -0.2) is 0 Å². The van der Waals surface area contributed by atoms with Gasteiger partial charge in [0.25, 0.3) is 5.91 Å². The standard InChI is InChI=1S/C18H17ClN4O4/c1-25-13-8-11(9-14(26-2)15(13)27-3)17(24)23-18(20)21-16(22-23)10-4-6-12(19)7-5-10/h4-9H,1-3H3,(H2,20,21,22). The first-order valence-electron chi connectivity index (χ1n) is 7.81. The Labute approximate surface area is 160 Å². The van der Waals surface area contributed by atoms with Gasteiger partial charge in [-0.1, -0.05) is 11.6 Å². The lowest BCUT2D eigenvalue weighted by atomic mass is 10.1. The highest BCUT2D eigenvalue weighted by molar-refractivity contribution is 6.30. The molecule has 0 fully saturated rings. The monoisotopic (exact) mass is 388 g/mol. The van der Waals surface area contributed by atoms with Crippen molar-refractivity contribution in [1.82, 2.24) is 14.8 Å². The number of rotatable bonds is 5. The van der Waals surface area contributed by atoms with E-state index in [9.17, 15) is 4.79 Å². The fourth-order valence-corrected chi connectivity index (χ4v) is 2.65. The average molecular weight is 389 g/mol. The fourth-order valence-electron chi connectivity index (χ4n) is 2.52. The molecule has 0 radical (unpaired) electrons. The van der Waals surface area contributed by atoms with Crippen LogP contribution in [0.15, 0.2) is 36.4 Å². The van der Waals surface area contributed by atoms with Gasteiger partial charge >= 0.3 is 0 Å². The Balaban J connectivity index is 2.02. The molecule has 3 rings (SSSR count). The Hall–Kier alpha value is -3.26. The molecule has 2 N–H and O–H groups in total. The smallest absolute Gasteiger partial charge is 0.281 e. The third kappa shape index (κ3) is 3.52. The molecule has 1 heterocycles. The number of carbonyl (C=O) groups is 1. The zero-order valence-corrected chi connectivity index (χ0v) is 15.6. The molecular weight excluding hydrogens is 372 g/mol. The normalized spacial score (nSPS) is 10.5. The highest BCUT2D eigenvalue weighted by atomic mass is 35.5. The van der Waals surface area contributed by atoms with E-state index < -0.39 is 5.91 Å². The molecule has 3 aromatic rings. The van der Waals surface area contributed by atoms with Crippen molar-refractivity contribution in [2.45, 2.75) is 0 Å². The maximum Gasteiger partial charge on any atom is 0.281 e. The van der Waals surface area contributed by atoms with E-state index in [0.717, 1.165) is 4.68 Å². The van der Waals surface area contributed by atoms with Gasteiger partial charge in [0.05, 0.1) is 21.3 Å². The summed E-state index contributed by atoms with van der Waals surface area (Å²) in [6.45, 7) is 0. The van der Waals surface area contributed by atoms with Crippen LogP contribution < -0.4 is 19.9 Å². The van der Waals surface area contributed by atoms with E-state index in [1.54, 1.807) is 24.3 Å². The summed E-state index contributed by atoms with van der Waals surface area (Å²) in [4.78, 5) is 17.1. The van der Waals surface area contributed by atoms with Crippen LogP contribution in [0.2, 0.25) is 5.02 Å². The van der Waals surface area contributed by atoms with Crippen molar-refractivity contribution in [3.8, 4) is 28.6 Å². The van der Waals surface area contributed by atoms with E-state index in [1.165, 1.54) is 33.5 Å². The summed E-state index contributed by atoms with van der Waals surface area (Å²) in [5.74, 6) is 0.849. The van der Waals surface area contributed by atoms with E-state index >= 15 is 0 Å². The third-order valence-electron chi connectivity index (χ3n) is 3.84. The first-order chi connectivity index (χ1) is 13.0. The van der Waals surface area contributed by atoms with Gasteiger partial charge in [-0.3, -0.25) is 4.79 Å². The van der Waals surface area contributed by atoms with Crippen LogP contribution in [-0.4, -0.2) is 42.0 Å². The van der Waals surface area contributed by atoms with E-state index in [2.05, 4.69) is 10.1 Å². The Morgan fingerprint density at radius 3 is 2.15 bits per heavy atom. The lowest BCUT2D eigenvalue weighted by molar-refractivity contribution is 0.0947. The molecule has 0 atom stereocenters. The van der Waals surface area contributed by atoms with Crippen molar-refractivity contribution in [3.05, 3.63) is 47.0 Å². The van der Waals surface area contributed by atoms with Gasteiger partial charge < -0.3 is 19.9 Å². The lowest BCUT2D eigenvalue weighted by Gasteiger charge is -2.13. The summed E-state index contributed by atoms with van der Waals surface area (Å²) < 4.78 is 16.8. The molecule has 0 saturated carbocycles. The Morgan fingerprint density at radius 1 is 1.04 bits per heavy atom. The number of methoxy groups -OCH3 is 3. The summed E-state index contributed by atoms with van der Waals surface area (Å²) >= 11 is 5.89. The second-order valence-electron chi connectivity index (χ2n) is 5.43. The quantitative estimate of drug-likeness (QED) is 0.716. The SMILES string of the molecule is COc1cc(C(=O)n2nc(-c3ccc(Cl)cc3)nc2N)cc(OC)c1OC. The van der Waals surface area contributed by atoms with Crippen molar-refractivity contribution in [1.29, 1.82) is 0 Å². The largest absolute Gasteiger partial charge is 0.493 e. The Bertz CT molecular complexity index is 961. The number of anilines is 1. The van der Waals surface area contributed by atoms with Crippen LogP contribution in [0, 0.1) is 0 Å². The van der Waals surface area contributed by atoms with Crippen LogP contribution in [0.5, 0.6) is 17.2 Å². The minimum Gasteiger partial charge on any atom is -0.493 e. The number of hydrogen-bond donors (Lipinski definition) is 1. The van der Waals surface area contributed by atoms with Gasteiger partial charge in [-0.05, 0) is 36.4 Å². The minimum absolute atomic E-state index is 0.0429. The number of aromatic nitrogens is 3. The maximum atomic E-state index is 12.9. The molecule has 2 aromatic carbocycles. The van der Waals surface area contributed by atoms with Crippen LogP contribution in [0.4, 0.5) is 5.95 Å². The van der Waals surface area contributed by atoms with Crippen LogP contribution in [0.1, 0.15) is 10.4 Å². The van der Waals surface area contributed by atoms with Gasteiger partial charge in [-0.15, -0.1) is 5.10 Å². The maximum absolute atomic E-state index is 12.9. The summed E-state index contributed by atoms with van der Waals surface area (Å²) in [5, 5.41) is 4.80. The average Bonchev–Trinajstić information content (AvgIpc) is 3.08. The van der Waals surface area contributed by atoms with Crippen LogP contribution >= 0.6 is 11.6 Å². The minimum atomic E-state index is -0.487. The molecule has 140 valence electrons. The van der Waals surface area contributed by atoms with Gasteiger partial charge in [-0.2, -0.15) is 9.67 Å². The van der Waals surface area contributed by atoms with Crippen molar-refractivity contribution >= 4 is 23.5 Å². The molecule has 0 bridgehead atoms. The summed E-state index contributed by atoms with van der Waals surface area (Å²) in [5.41, 5.74) is 6.84. The van der Waals surface area contributed by atoms with Crippen molar-refractivity contribution in [2.24, 2.45) is 0 Å². The van der Waals surface area contributed by atoms with E-state index in [4.69, 9.17) is 31.5 Å². The van der Waals surface area contributed by atoms with E-state index in [0.29, 0.717) is 33.7 Å². The topological polar surface area (TPSA) is 101 Å².